The molecule has 0 bridgehead atoms. The monoisotopic (exact) mass is 346 g/mol. The van der Waals surface area contributed by atoms with Gasteiger partial charge in [-0.15, -0.1) is 0 Å². The Hall–Kier alpha value is -2.53. The molecule has 0 saturated heterocycles. The molecule has 0 fully saturated rings. The van der Waals surface area contributed by atoms with Gasteiger partial charge in [0.25, 0.3) is 0 Å². The molecular weight excluding hydrogens is 328 g/mol. The topological polar surface area (TPSA) is 67.4 Å². The Morgan fingerprint density at radius 3 is 2.46 bits per heavy atom. The highest BCUT2D eigenvalue weighted by molar-refractivity contribution is 6.31. The first-order valence-electron chi connectivity index (χ1n) is 7.60. The number of halogens is 1. The molecular formula is C18H19ClN2O3. The van der Waals surface area contributed by atoms with Crippen molar-refractivity contribution in [1.82, 2.24) is 5.32 Å². The normalized spacial score (nSPS) is 11.4. The zero-order valence-corrected chi connectivity index (χ0v) is 14.0. The first-order valence-corrected chi connectivity index (χ1v) is 7.98. The summed E-state index contributed by atoms with van der Waals surface area (Å²) >= 11 is 6.07. The number of esters is 1. The van der Waals surface area contributed by atoms with E-state index in [0.29, 0.717) is 10.7 Å². The van der Waals surface area contributed by atoms with Crippen molar-refractivity contribution in [3.8, 4) is 0 Å². The lowest BCUT2D eigenvalue weighted by Crippen LogP contribution is -2.31. The molecule has 6 heteroatoms. The summed E-state index contributed by atoms with van der Waals surface area (Å²) in [5.41, 5.74) is 1.44. The standard InChI is InChI=1S/C18H19ClN2O3/c1-13(15-9-5-6-10-16(15)19)24-17(22)11-12-20-18(23)21-14-7-3-2-4-8-14/h2-10,13H,11-12H2,1H3,(H2,20,21,23)/t13-/m0/s1. The van der Waals surface area contributed by atoms with Crippen LogP contribution in [-0.4, -0.2) is 18.5 Å². The average molecular weight is 347 g/mol. The third kappa shape index (κ3) is 5.59. The molecule has 0 aliphatic heterocycles. The zero-order chi connectivity index (χ0) is 17.4. The average Bonchev–Trinajstić information content (AvgIpc) is 2.56. The second-order valence-electron chi connectivity index (χ2n) is 5.15. The lowest BCUT2D eigenvalue weighted by molar-refractivity contribution is -0.148. The first-order chi connectivity index (χ1) is 11.6. The summed E-state index contributed by atoms with van der Waals surface area (Å²) in [6, 6.07) is 15.9. The van der Waals surface area contributed by atoms with Crippen LogP contribution in [0.25, 0.3) is 0 Å². The third-order valence-corrected chi connectivity index (χ3v) is 3.64. The fourth-order valence-electron chi connectivity index (χ4n) is 2.10. The molecule has 2 rings (SSSR count). The number of anilines is 1. The fraction of sp³-hybridized carbons (Fsp3) is 0.222. The number of rotatable bonds is 6. The minimum Gasteiger partial charge on any atom is -0.458 e. The Morgan fingerprint density at radius 2 is 1.75 bits per heavy atom. The molecule has 0 heterocycles. The van der Waals surface area contributed by atoms with Crippen LogP contribution in [0.4, 0.5) is 10.5 Å². The number of ether oxygens (including phenoxy) is 1. The lowest BCUT2D eigenvalue weighted by Gasteiger charge is -2.15. The van der Waals surface area contributed by atoms with Crippen LogP contribution in [0.2, 0.25) is 5.02 Å². The van der Waals surface area contributed by atoms with Gasteiger partial charge < -0.3 is 15.4 Å². The molecule has 0 aromatic heterocycles. The maximum atomic E-state index is 11.8. The second-order valence-corrected chi connectivity index (χ2v) is 5.56. The van der Waals surface area contributed by atoms with Crippen molar-refractivity contribution in [2.75, 3.05) is 11.9 Å². The van der Waals surface area contributed by atoms with E-state index >= 15 is 0 Å². The largest absolute Gasteiger partial charge is 0.458 e. The molecule has 0 aliphatic rings. The quantitative estimate of drug-likeness (QED) is 0.772. The smallest absolute Gasteiger partial charge is 0.319 e. The highest BCUT2D eigenvalue weighted by Crippen LogP contribution is 2.25. The number of benzene rings is 2. The number of para-hydroxylation sites is 1. The number of urea groups is 1. The number of amides is 2. The molecule has 2 aromatic rings. The van der Waals surface area contributed by atoms with Crippen molar-refractivity contribution in [3.05, 3.63) is 65.2 Å². The number of hydrogen-bond acceptors (Lipinski definition) is 3. The van der Waals surface area contributed by atoms with Crippen LogP contribution in [0, 0.1) is 0 Å². The van der Waals surface area contributed by atoms with Gasteiger partial charge in [0, 0.05) is 22.8 Å². The van der Waals surface area contributed by atoms with Gasteiger partial charge in [-0.25, -0.2) is 4.79 Å². The van der Waals surface area contributed by atoms with Crippen LogP contribution in [0.15, 0.2) is 54.6 Å². The summed E-state index contributed by atoms with van der Waals surface area (Å²) in [7, 11) is 0. The highest BCUT2D eigenvalue weighted by atomic mass is 35.5. The Labute approximate surface area is 146 Å². The zero-order valence-electron chi connectivity index (χ0n) is 13.3. The SMILES string of the molecule is C[C@H](OC(=O)CCNC(=O)Nc1ccccc1)c1ccccc1Cl. The van der Waals surface area contributed by atoms with Crippen LogP contribution >= 0.6 is 11.6 Å². The van der Waals surface area contributed by atoms with E-state index < -0.39 is 12.1 Å². The molecule has 0 radical (unpaired) electrons. The van der Waals surface area contributed by atoms with E-state index in [1.165, 1.54) is 0 Å². The summed E-state index contributed by atoms with van der Waals surface area (Å²) in [6.45, 7) is 1.95. The van der Waals surface area contributed by atoms with Gasteiger partial charge in [0.1, 0.15) is 6.10 Å². The van der Waals surface area contributed by atoms with Crippen molar-refractivity contribution in [2.45, 2.75) is 19.4 Å². The molecule has 1 atom stereocenters. The van der Waals surface area contributed by atoms with E-state index in [4.69, 9.17) is 16.3 Å². The highest BCUT2D eigenvalue weighted by Gasteiger charge is 2.14. The first kappa shape index (κ1) is 17.8. The minimum atomic E-state index is -0.440. The molecule has 2 N–H and O–H groups in total. The molecule has 24 heavy (non-hydrogen) atoms. The number of carbonyl (C=O) groups is 2. The molecule has 0 spiro atoms. The molecule has 0 unspecified atom stereocenters. The summed E-state index contributed by atoms with van der Waals surface area (Å²) in [4.78, 5) is 23.5. The van der Waals surface area contributed by atoms with Gasteiger partial charge in [-0.2, -0.15) is 0 Å². The van der Waals surface area contributed by atoms with E-state index in [-0.39, 0.29) is 19.0 Å². The lowest BCUT2D eigenvalue weighted by atomic mass is 10.1. The van der Waals surface area contributed by atoms with Gasteiger partial charge in [0.2, 0.25) is 0 Å². The summed E-state index contributed by atoms with van der Waals surface area (Å²) < 4.78 is 5.32. The van der Waals surface area contributed by atoms with Gasteiger partial charge in [-0.05, 0) is 25.1 Å². The van der Waals surface area contributed by atoms with E-state index in [9.17, 15) is 9.59 Å². The minimum absolute atomic E-state index is 0.0804. The fourth-order valence-corrected chi connectivity index (χ4v) is 2.39. The van der Waals surface area contributed by atoms with Gasteiger partial charge in [-0.3, -0.25) is 4.79 Å². The van der Waals surface area contributed by atoms with Crippen LogP contribution in [-0.2, 0) is 9.53 Å². The van der Waals surface area contributed by atoms with E-state index in [0.717, 1.165) is 5.56 Å². The van der Waals surface area contributed by atoms with E-state index in [1.807, 2.05) is 36.4 Å². The van der Waals surface area contributed by atoms with Crippen LogP contribution in [0.1, 0.15) is 25.0 Å². The number of hydrogen-bond donors (Lipinski definition) is 2. The van der Waals surface area contributed by atoms with Gasteiger partial charge in [0.05, 0.1) is 6.42 Å². The molecule has 0 saturated carbocycles. The summed E-state index contributed by atoms with van der Waals surface area (Å²) in [6.07, 6.45) is -0.360. The third-order valence-electron chi connectivity index (χ3n) is 3.30. The van der Waals surface area contributed by atoms with Crippen molar-refractivity contribution < 1.29 is 14.3 Å². The second kappa shape index (κ2) is 8.93. The molecule has 0 aliphatic carbocycles. The molecule has 5 nitrogen and oxygen atoms in total. The predicted molar refractivity (Wildman–Crippen MR) is 94.0 cm³/mol. The van der Waals surface area contributed by atoms with Crippen molar-refractivity contribution in [3.63, 3.8) is 0 Å². The van der Waals surface area contributed by atoms with Crippen molar-refractivity contribution >= 4 is 29.3 Å². The number of carbonyl (C=O) groups excluding carboxylic acids is 2. The summed E-state index contributed by atoms with van der Waals surface area (Å²) in [5.74, 6) is -0.401. The van der Waals surface area contributed by atoms with Crippen LogP contribution in [0.3, 0.4) is 0 Å². The predicted octanol–water partition coefficient (Wildman–Crippen LogP) is 4.16. The maximum Gasteiger partial charge on any atom is 0.319 e. The number of nitrogens with one attached hydrogen (secondary N) is 2. The molecule has 126 valence electrons. The Kier molecular flexibility index (Phi) is 6.63. The van der Waals surface area contributed by atoms with Gasteiger partial charge in [-0.1, -0.05) is 48.0 Å². The molecule has 2 amide bonds. The van der Waals surface area contributed by atoms with Crippen molar-refractivity contribution in [2.24, 2.45) is 0 Å². The van der Waals surface area contributed by atoms with E-state index in [1.54, 1.807) is 25.1 Å². The summed E-state index contributed by atoms with van der Waals surface area (Å²) in [5, 5.41) is 5.83. The van der Waals surface area contributed by atoms with Crippen LogP contribution in [0.5, 0.6) is 0 Å². The van der Waals surface area contributed by atoms with Crippen LogP contribution < -0.4 is 10.6 Å². The van der Waals surface area contributed by atoms with Gasteiger partial charge in [0.15, 0.2) is 0 Å². The van der Waals surface area contributed by atoms with E-state index in [2.05, 4.69) is 10.6 Å². The molecule has 2 aromatic carbocycles. The van der Waals surface area contributed by atoms with Gasteiger partial charge >= 0.3 is 12.0 Å². The maximum absolute atomic E-state index is 11.8. The Balaban J connectivity index is 1.71. The Morgan fingerprint density at radius 1 is 1.08 bits per heavy atom. The van der Waals surface area contributed by atoms with Crippen molar-refractivity contribution in [1.29, 1.82) is 0 Å². The Bertz CT molecular complexity index is 692.